The van der Waals surface area contributed by atoms with Crippen molar-refractivity contribution in [1.29, 1.82) is 0 Å². The molecule has 0 saturated carbocycles. The second-order valence-electron chi connectivity index (χ2n) is 4.74. The number of nitrogens with two attached hydrogens (primary N) is 1. The predicted molar refractivity (Wildman–Crippen MR) is 86.4 cm³/mol. The molecular formula is C17H21NOS. The quantitative estimate of drug-likeness (QED) is 0.809. The summed E-state index contributed by atoms with van der Waals surface area (Å²) in [6.07, 6.45) is 0. The lowest BCUT2D eigenvalue weighted by atomic mass is 10.1. The first kappa shape index (κ1) is 14.9. The molecule has 2 rings (SSSR count). The van der Waals surface area contributed by atoms with Crippen LogP contribution in [0.3, 0.4) is 0 Å². The summed E-state index contributed by atoms with van der Waals surface area (Å²) < 4.78 is 5.51. The molecule has 20 heavy (non-hydrogen) atoms. The van der Waals surface area contributed by atoms with Crippen molar-refractivity contribution in [2.24, 2.45) is 5.73 Å². The summed E-state index contributed by atoms with van der Waals surface area (Å²) in [7, 11) is 0. The fraction of sp³-hybridized carbons (Fsp3) is 0.294. The van der Waals surface area contributed by atoms with Crippen LogP contribution in [0.1, 0.15) is 24.1 Å². The van der Waals surface area contributed by atoms with Crippen molar-refractivity contribution in [1.82, 2.24) is 0 Å². The van der Waals surface area contributed by atoms with Gasteiger partial charge in [-0.05, 0) is 43.7 Å². The molecule has 0 spiro atoms. The second kappa shape index (κ2) is 7.36. The van der Waals surface area contributed by atoms with Gasteiger partial charge in [0.25, 0.3) is 0 Å². The van der Waals surface area contributed by atoms with Gasteiger partial charge in [0, 0.05) is 16.7 Å². The average Bonchev–Trinajstić information content (AvgIpc) is 2.45. The van der Waals surface area contributed by atoms with Crippen molar-refractivity contribution >= 4 is 11.8 Å². The molecule has 0 aliphatic heterocycles. The third-order valence-corrected chi connectivity index (χ3v) is 4.13. The van der Waals surface area contributed by atoms with Crippen molar-refractivity contribution in [3.05, 3.63) is 59.7 Å². The molecule has 0 aromatic heterocycles. The smallest absolute Gasteiger partial charge is 0.119 e. The molecular weight excluding hydrogens is 266 g/mol. The van der Waals surface area contributed by atoms with Crippen LogP contribution >= 0.6 is 11.8 Å². The molecule has 1 atom stereocenters. The van der Waals surface area contributed by atoms with Crippen LogP contribution in [0.15, 0.2) is 53.4 Å². The predicted octanol–water partition coefficient (Wildman–Crippen LogP) is 4.19. The Hall–Kier alpha value is -1.45. The van der Waals surface area contributed by atoms with E-state index in [1.165, 1.54) is 10.5 Å². The molecule has 2 N–H and O–H groups in total. The largest absolute Gasteiger partial charge is 0.494 e. The Morgan fingerprint density at radius 1 is 1.15 bits per heavy atom. The maximum Gasteiger partial charge on any atom is 0.119 e. The van der Waals surface area contributed by atoms with Gasteiger partial charge in [0.15, 0.2) is 0 Å². The molecule has 2 nitrogen and oxygen atoms in total. The molecule has 0 aliphatic carbocycles. The highest BCUT2D eigenvalue weighted by Crippen LogP contribution is 2.25. The molecule has 0 fully saturated rings. The zero-order valence-corrected chi connectivity index (χ0v) is 12.8. The molecule has 1 unspecified atom stereocenters. The Morgan fingerprint density at radius 2 is 1.95 bits per heavy atom. The first-order valence-electron chi connectivity index (χ1n) is 6.87. The third-order valence-electron chi connectivity index (χ3n) is 3.02. The van der Waals surface area contributed by atoms with Crippen LogP contribution in [0.2, 0.25) is 0 Å². The van der Waals surface area contributed by atoms with Crippen LogP contribution in [0, 0.1) is 6.92 Å². The monoisotopic (exact) mass is 287 g/mol. The summed E-state index contributed by atoms with van der Waals surface area (Å²) in [5, 5.41) is 0. The number of hydrogen-bond acceptors (Lipinski definition) is 3. The normalized spacial score (nSPS) is 12.2. The van der Waals surface area contributed by atoms with Gasteiger partial charge in [-0.1, -0.05) is 29.8 Å². The molecule has 0 heterocycles. The van der Waals surface area contributed by atoms with Crippen LogP contribution in [-0.4, -0.2) is 12.4 Å². The Kier molecular flexibility index (Phi) is 5.50. The molecule has 0 bridgehead atoms. The molecule has 2 aromatic carbocycles. The van der Waals surface area contributed by atoms with E-state index in [1.54, 1.807) is 11.8 Å². The second-order valence-corrected chi connectivity index (χ2v) is 5.83. The van der Waals surface area contributed by atoms with Gasteiger partial charge in [-0.25, -0.2) is 0 Å². The van der Waals surface area contributed by atoms with Gasteiger partial charge in [0.2, 0.25) is 0 Å². The van der Waals surface area contributed by atoms with E-state index in [4.69, 9.17) is 10.5 Å². The summed E-state index contributed by atoms with van der Waals surface area (Å²) in [5.41, 5.74) is 8.67. The van der Waals surface area contributed by atoms with E-state index in [0.29, 0.717) is 6.61 Å². The molecule has 0 saturated heterocycles. The minimum absolute atomic E-state index is 0.0147. The van der Waals surface area contributed by atoms with Gasteiger partial charge in [0.1, 0.15) is 5.75 Å². The fourth-order valence-electron chi connectivity index (χ4n) is 1.99. The summed E-state index contributed by atoms with van der Waals surface area (Å²) in [6.45, 7) is 4.77. The molecule has 2 aromatic rings. The molecule has 0 radical (unpaired) electrons. The van der Waals surface area contributed by atoms with Gasteiger partial charge < -0.3 is 10.5 Å². The Morgan fingerprint density at radius 3 is 2.70 bits per heavy atom. The van der Waals surface area contributed by atoms with Gasteiger partial charge in [-0.2, -0.15) is 0 Å². The SMILES string of the molecule is CCOc1cccc(C(N)CSc2cccc(C)c2)c1. The lowest BCUT2D eigenvalue weighted by Gasteiger charge is -2.13. The van der Waals surface area contributed by atoms with E-state index < -0.39 is 0 Å². The third kappa shape index (κ3) is 4.29. The van der Waals surface area contributed by atoms with Crippen molar-refractivity contribution in [2.75, 3.05) is 12.4 Å². The first-order chi connectivity index (χ1) is 9.69. The summed E-state index contributed by atoms with van der Waals surface area (Å²) in [6, 6.07) is 16.6. The number of ether oxygens (including phenoxy) is 1. The van der Waals surface area contributed by atoms with Crippen LogP contribution in [0.4, 0.5) is 0 Å². The minimum atomic E-state index is 0.0147. The Balaban J connectivity index is 1.97. The van der Waals surface area contributed by atoms with Crippen LogP contribution in [-0.2, 0) is 0 Å². The number of benzene rings is 2. The summed E-state index contributed by atoms with van der Waals surface area (Å²) in [4.78, 5) is 1.27. The Bertz CT molecular complexity index is 556. The highest BCUT2D eigenvalue weighted by atomic mass is 32.2. The topological polar surface area (TPSA) is 35.2 Å². The van der Waals surface area contributed by atoms with E-state index >= 15 is 0 Å². The number of hydrogen-bond donors (Lipinski definition) is 1. The van der Waals surface area contributed by atoms with Crippen molar-refractivity contribution < 1.29 is 4.74 Å². The summed E-state index contributed by atoms with van der Waals surface area (Å²) in [5.74, 6) is 1.75. The standard InChI is InChI=1S/C17H21NOS/c1-3-19-15-8-5-7-14(11-15)17(18)12-20-16-9-4-6-13(2)10-16/h4-11,17H,3,12,18H2,1-2H3. The Labute approximate surface area is 125 Å². The van der Waals surface area contributed by atoms with Crippen molar-refractivity contribution in [3.63, 3.8) is 0 Å². The zero-order chi connectivity index (χ0) is 14.4. The lowest BCUT2D eigenvalue weighted by Crippen LogP contribution is -2.13. The minimum Gasteiger partial charge on any atom is -0.494 e. The average molecular weight is 287 g/mol. The number of thioether (sulfide) groups is 1. The van der Waals surface area contributed by atoms with Gasteiger partial charge >= 0.3 is 0 Å². The van der Waals surface area contributed by atoms with E-state index in [9.17, 15) is 0 Å². The van der Waals surface area contributed by atoms with Crippen molar-refractivity contribution in [3.8, 4) is 5.75 Å². The van der Waals surface area contributed by atoms with E-state index in [-0.39, 0.29) is 6.04 Å². The first-order valence-corrected chi connectivity index (χ1v) is 7.85. The fourth-order valence-corrected chi connectivity index (χ4v) is 3.00. The number of aryl methyl sites for hydroxylation is 1. The van der Waals surface area contributed by atoms with E-state index in [2.05, 4.69) is 37.3 Å². The van der Waals surface area contributed by atoms with Crippen LogP contribution < -0.4 is 10.5 Å². The van der Waals surface area contributed by atoms with Gasteiger partial charge in [-0.15, -0.1) is 11.8 Å². The van der Waals surface area contributed by atoms with E-state index in [1.807, 2.05) is 25.1 Å². The molecule has 3 heteroatoms. The maximum absolute atomic E-state index is 6.27. The van der Waals surface area contributed by atoms with Gasteiger partial charge in [0.05, 0.1) is 6.61 Å². The molecule has 106 valence electrons. The lowest BCUT2D eigenvalue weighted by molar-refractivity contribution is 0.339. The molecule has 0 amide bonds. The zero-order valence-electron chi connectivity index (χ0n) is 12.0. The highest BCUT2D eigenvalue weighted by Gasteiger charge is 2.08. The highest BCUT2D eigenvalue weighted by molar-refractivity contribution is 7.99. The van der Waals surface area contributed by atoms with Gasteiger partial charge in [-0.3, -0.25) is 0 Å². The van der Waals surface area contributed by atoms with Crippen LogP contribution in [0.25, 0.3) is 0 Å². The molecule has 0 aliphatic rings. The van der Waals surface area contributed by atoms with Crippen molar-refractivity contribution in [2.45, 2.75) is 24.8 Å². The number of rotatable bonds is 6. The maximum atomic E-state index is 6.27. The summed E-state index contributed by atoms with van der Waals surface area (Å²) >= 11 is 1.79. The van der Waals surface area contributed by atoms with Crippen LogP contribution in [0.5, 0.6) is 5.75 Å². The van der Waals surface area contributed by atoms with E-state index in [0.717, 1.165) is 17.1 Å².